The average molecular weight is 345 g/mol. The highest BCUT2D eigenvalue weighted by atomic mass is 127. The number of aromatic nitrogens is 1. The van der Waals surface area contributed by atoms with Gasteiger partial charge < -0.3 is 4.74 Å². The molecule has 0 aliphatic heterocycles. The number of nitrogens with zero attached hydrogens (tertiary/aromatic N) is 1. The van der Waals surface area contributed by atoms with Gasteiger partial charge in [-0.3, -0.25) is 4.79 Å². The lowest BCUT2D eigenvalue weighted by Gasteiger charge is -2.07. The minimum Gasteiger partial charge on any atom is -0.469 e. The van der Waals surface area contributed by atoms with Crippen LogP contribution in [0.3, 0.4) is 0 Å². The molecule has 7 heteroatoms. The van der Waals surface area contributed by atoms with Gasteiger partial charge in [0.15, 0.2) is 0 Å². The molecule has 0 aromatic carbocycles. The zero-order chi connectivity index (χ0) is 12.3. The lowest BCUT2D eigenvalue weighted by molar-refractivity contribution is -0.139. The van der Waals surface area contributed by atoms with Crippen LogP contribution in [-0.2, 0) is 16.0 Å². The molecule has 0 saturated carbocycles. The Hall–Kier alpha value is -0.860. The van der Waals surface area contributed by atoms with Crippen molar-refractivity contribution in [1.82, 2.24) is 4.98 Å². The van der Waals surface area contributed by atoms with Gasteiger partial charge in [-0.05, 0) is 22.6 Å². The average Bonchev–Trinajstić information content (AvgIpc) is 2.22. The summed E-state index contributed by atoms with van der Waals surface area (Å²) < 4.78 is 42.3. The summed E-state index contributed by atoms with van der Waals surface area (Å²) in [5, 5.41) is 0. The van der Waals surface area contributed by atoms with Gasteiger partial charge in [-0.25, -0.2) is 18.2 Å². The van der Waals surface area contributed by atoms with Gasteiger partial charge in [0.1, 0.15) is 15.2 Å². The van der Waals surface area contributed by atoms with Crippen molar-refractivity contribution in [2.75, 3.05) is 7.11 Å². The van der Waals surface area contributed by atoms with Gasteiger partial charge in [-0.15, -0.1) is 0 Å². The van der Waals surface area contributed by atoms with Crippen LogP contribution in [-0.4, -0.2) is 18.1 Å². The molecular weight excluding hydrogens is 338 g/mol. The summed E-state index contributed by atoms with van der Waals surface area (Å²) in [6.07, 6.45) is -3.16. The number of carbonyl (C=O) groups excluding carboxylic acids is 1. The van der Waals surface area contributed by atoms with E-state index in [0.29, 0.717) is 6.07 Å². The Labute approximate surface area is 103 Å². The molecule has 1 aromatic rings. The van der Waals surface area contributed by atoms with Crippen LogP contribution in [0, 0.1) is 9.52 Å². The molecule has 88 valence electrons. The summed E-state index contributed by atoms with van der Waals surface area (Å²) in [6, 6.07) is 0.630. The lowest BCUT2D eigenvalue weighted by atomic mass is 10.2. The Morgan fingerprint density at radius 3 is 2.69 bits per heavy atom. The fourth-order valence-corrected chi connectivity index (χ4v) is 1.74. The van der Waals surface area contributed by atoms with E-state index in [1.807, 2.05) is 0 Å². The van der Waals surface area contributed by atoms with E-state index in [-0.39, 0.29) is 15.7 Å². The molecule has 0 fully saturated rings. The van der Waals surface area contributed by atoms with Crippen LogP contribution in [0.1, 0.15) is 17.7 Å². The molecule has 0 saturated heterocycles. The largest absolute Gasteiger partial charge is 0.469 e. The summed E-state index contributed by atoms with van der Waals surface area (Å²) in [6.45, 7) is 0. The van der Waals surface area contributed by atoms with Crippen molar-refractivity contribution >= 4 is 28.6 Å². The molecule has 0 amide bonds. The first-order chi connectivity index (χ1) is 7.45. The van der Waals surface area contributed by atoms with Crippen LogP contribution in [0.25, 0.3) is 0 Å². The van der Waals surface area contributed by atoms with Gasteiger partial charge in [0.05, 0.1) is 13.5 Å². The van der Waals surface area contributed by atoms with E-state index >= 15 is 0 Å². The maximum atomic E-state index is 13.4. The van der Waals surface area contributed by atoms with Gasteiger partial charge >= 0.3 is 5.97 Å². The Morgan fingerprint density at radius 2 is 2.25 bits per heavy atom. The van der Waals surface area contributed by atoms with E-state index in [0.717, 1.165) is 7.11 Å². The van der Waals surface area contributed by atoms with Crippen molar-refractivity contribution in [3.8, 4) is 0 Å². The number of methoxy groups -OCH3 is 1. The summed E-state index contributed by atoms with van der Waals surface area (Å²) >= 11 is 1.60. The number of hydrogen-bond donors (Lipinski definition) is 0. The highest BCUT2D eigenvalue weighted by Gasteiger charge is 2.18. The topological polar surface area (TPSA) is 39.2 Å². The van der Waals surface area contributed by atoms with E-state index < -0.39 is 23.9 Å². The molecule has 0 aliphatic carbocycles. The van der Waals surface area contributed by atoms with Gasteiger partial charge in [0.25, 0.3) is 6.43 Å². The zero-order valence-corrected chi connectivity index (χ0v) is 10.3. The summed E-state index contributed by atoms with van der Waals surface area (Å²) in [5.41, 5.74) is -0.674. The Kier molecular flexibility index (Phi) is 4.51. The van der Waals surface area contributed by atoms with Crippen molar-refractivity contribution in [1.29, 1.82) is 0 Å². The number of halogens is 4. The third-order valence-electron chi connectivity index (χ3n) is 1.81. The second-order valence-electron chi connectivity index (χ2n) is 2.85. The summed E-state index contributed by atoms with van der Waals surface area (Å²) in [4.78, 5) is 14.4. The number of rotatable bonds is 3. The fourth-order valence-electron chi connectivity index (χ4n) is 1.01. The minimum atomic E-state index is -2.84. The van der Waals surface area contributed by atoms with Crippen LogP contribution in [0.4, 0.5) is 13.2 Å². The van der Waals surface area contributed by atoms with Crippen molar-refractivity contribution in [3.05, 3.63) is 26.8 Å². The van der Waals surface area contributed by atoms with Gasteiger partial charge in [0, 0.05) is 11.6 Å². The van der Waals surface area contributed by atoms with E-state index in [9.17, 15) is 18.0 Å². The molecule has 1 heterocycles. The van der Waals surface area contributed by atoms with Crippen molar-refractivity contribution in [2.24, 2.45) is 0 Å². The second-order valence-corrected chi connectivity index (χ2v) is 3.87. The number of pyridine rings is 1. The van der Waals surface area contributed by atoms with Crippen LogP contribution >= 0.6 is 22.6 Å². The van der Waals surface area contributed by atoms with Crippen LogP contribution in [0.2, 0.25) is 0 Å². The molecule has 0 bridgehead atoms. The molecule has 0 radical (unpaired) electrons. The monoisotopic (exact) mass is 345 g/mol. The summed E-state index contributed by atoms with van der Waals surface area (Å²) in [5.74, 6) is -1.52. The Morgan fingerprint density at radius 1 is 1.62 bits per heavy atom. The SMILES string of the molecule is COC(=O)Cc1c(F)cc(C(F)F)nc1I. The first kappa shape index (κ1) is 13.2. The van der Waals surface area contributed by atoms with Crippen LogP contribution in [0.5, 0.6) is 0 Å². The first-order valence-electron chi connectivity index (χ1n) is 4.15. The number of alkyl halides is 2. The van der Waals surface area contributed by atoms with Crippen molar-refractivity contribution < 1.29 is 22.7 Å². The van der Waals surface area contributed by atoms with E-state index in [2.05, 4.69) is 9.72 Å². The smallest absolute Gasteiger partial charge is 0.310 e. The molecule has 3 nitrogen and oxygen atoms in total. The summed E-state index contributed by atoms with van der Waals surface area (Å²) in [7, 11) is 1.16. The predicted molar refractivity (Wildman–Crippen MR) is 57.6 cm³/mol. The van der Waals surface area contributed by atoms with Gasteiger partial charge in [-0.1, -0.05) is 0 Å². The van der Waals surface area contributed by atoms with E-state index in [1.165, 1.54) is 0 Å². The third-order valence-corrected chi connectivity index (χ3v) is 2.70. The maximum absolute atomic E-state index is 13.4. The molecule has 1 rings (SSSR count). The molecule has 0 unspecified atom stereocenters. The number of ether oxygens (including phenoxy) is 1. The van der Waals surface area contributed by atoms with Gasteiger partial charge in [0.2, 0.25) is 0 Å². The number of carbonyl (C=O) groups is 1. The first-order valence-corrected chi connectivity index (χ1v) is 5.23. The normalized spacial score (nSPS) is 10.6. The molecule has 0 atom stereocenters. The number of hydrogen-bond acceptors (Lipinski definition) is 3. The standard InChI is InChI=1S/C9H7F3INO2/c1-16-7(15)2-4-5(10)3-6(8(11)12)14-9(4)13/h3,8H,2H2,1H3. The van der Waals surface area contributed by atoms with E-state index in [4.69, 9.17) is 0 Å². The molecular formula is C9H7F3INO2. The number of esters is 1. The van der Waals surface area contributed by atoms with Crippen molar-refractivity contribution in [2.45, 2.75) is 12.8 Å². The predicted octanol–water partition coefficient (Wildman–Crippen LogP) is 2.48. The Balaban J connectivity index is 3.07. The zero-order valence-electron chi connectivity index (χ0n) is 8.14. The van der Waals surface area contributed by atoms with E-state index in [1.54, 1.807) is 22.6 Å². The second kappa shape index (κ2) is 5.46. The highest BCUT2D eigenvalue weighted by Crippen LogP contribution is 2.22. The minimum absolute atomic E-state index is 0.0307. The quantitative estimate of drug-likeness (QED) is 0.480. The van der Waals surface area contributed by atoms with Crippen molar-refractivity contribution in [3.63, 3.8) is 0 Å². The molecule has 0 spiro atoms. The van der Waals surface area contributed by atoms with Crippen LogP contribution < -0.4 is 0 Å². The third kappa shape index (κ3) is 3.06. The fraction of sp³-hybridized carbons (Fsp3) is 0.333. The molecule has 1 aromatic heterocycles. The molecule has 0 N–H and O–H groups in total. The molecule has 0 aliphatic rings. The highest BCUT2D eigenvalue weighted by molar-refractivity contribution is 14.1. The lowest BCUT2D eigenvalue weighted by Crippen LogP contribution is -2.10. The maximum Gasteiger partial charge on any atom is 0.310 e. The van der Waals surface area contributed by atoms with Crippen LogP contribution in [0.15, 0.2) is 6.07 Å². The Bertz CT molecular complexity index is 389. The molecule has 16 heavy (non-hydrogen) atoms. The van der Waals surface area contributed by atoms with Gasteiger partial charge in [-0.2, -0.15) is 0 Å².